The van der Waals surface area contributed by atoms with Crippen LogP contribution < -0.4 is 5.56 Å². The number of benzene rings is 1. The van der Waals surface area contributed by atoms with Crippen LogP contribution in [0.15, 0.2) is 35.1 Å². The topological polar surface area (TPSA) is 95.4 Å². The first-order valence-electron chi connectivity index (χ1n) is 7.37. The Morgan fingerprint density at radius 2 is 1.96 bits per heavy atom. The van der Waals surface area contributed by atoms with E-state index in [1.165, 1.54) is 15.6 Å². The standard InChI is InChI=1S/C16H17N3O4/c1-10-2-4-12(5-3-10)19-14(20)8-13(17-19)15(21)18-7-6-11(9-18)16(22)23/h2-5,8,11,17H,6-7,9H2,1H3,(H,22,23). The highest BCUT2D eigenvalue weighted by Gasteiger charge is 2.32. The van der Waals surface area contributed by atoms with Crippen molar-refractivity contribution in [3.05, 3.63) is 51.9 Å². The van der Waals surface area contributed by atoms with Crippen LogP contribution in [0.1, 0.15) is 22.5 Å². The summed E-state index contributed by atoms with van der Waals surface area (Å²) >= 11 is 0. The fourth-order valence-corrected chi connectivity index (χ4v) is 2.71. The third kappa shape index (κ3) is 2.90. The predicted octanol–water partition coefficient (Wildman–Crippen LogP) is 1.02. The van der Waals surface area contributed by atoms with Gasteiger partial charge in [-0.1, -0.05) is 17.7 Å². The molecule has 1 saturated heterocycles. The van der Waals surface area contributed by atoms with Crippen LogP contribution in [0.5, 0.6) is 0 Å². The summed E-state index contributed by atoms with van der Waals surface area (Å²) in [6, 6.07) is 8.58. The van der Waals surface area contributed by atoms with Gasteiger partial charge in [0.05, 0.1) is 11.6 Å². The van der Waals surface area contributed by atoms with Gasteiger partial charge < -0.3 is 10.0 Å². The maximum Gasteiger partial charge on any atom is 0.308 e. The number of aliphatic carboxylic acids is 1. The zero-order valence-electron chi connectivity index (χ0n) is 12.7. The number of rotatable bonds is 3. The van der Waals surface area contributed by atoms with E-state index < -0.39 is 11.9 Å². The SMILES string of the molecule is Cc1ccc(-n2[nH]c(C(=O)N3CCC(C(=O)O)C3)cc2=O)cc1. The molecule has 23 heavy (non-hydrogen) atoms. The third-order valence-corrected chi connectivity index (χ3v) is 4.07. The van der Waals surface area contributed by atoms with Crippen LogP contribution in [0.2, 0.25) is 0 Å². The molecule has 0 saturated carbocycles. The lowest BCUT2D eigenvalue weighted by Gasteiger charge is -2.14. The van der Waals surface area contributed by atoms with Crippen LogP contribution in [-0.2, 0) is 4.79 Å². The summed E-state index contributed by atoms with van der Waals surface area (Å²) in [6.45, 7) is 2.50. The quantitative estimate of drug-likeness (QED) is 0.884. The van der Waals surface area contributed by atoms with E-state index >= 15 is 0 Å². The molecule has 0 radical (unpaired) electrons. The number of aromatic nitrogens is 2. The van der Waals surface area contributed by atoms with Gasteiger partial charge in [0.2, 0.25) is 0 Å². The third-order valence-electron chi connectivity index (χ3n) is 4.07. The average molecular weight is 315 g/mol. The molecule has 1 aliphatic rings. The largest absolute Gasteiger partial charge is 0.481 e. The molecule has 2 N–H and O–H groups in total. The number of nitrogens with one attached hydrogen (secondary N) is 1. The van der Waals surface area contributed by atoms with Crippen molar-refractivity contribution in [2.24, 2.45) is 5.92 Å². The Labute approximate surface area is 132 Å². The minimum Gasteiger partial charge on any atom is -0.481 e. The van der Waals surface area contributed by atoms with Crippen molar-refractivity contribution in [3.63, 3.8) is 0 Å². The Morgan fingerprint density at radius 3 is 2.57 bits per heavy atom. The fraction of sp³-hybridized carbons (Fsp3) is 0.312. The molecule has 1 atom stereocenters. The second-order valence-electron chi connectivity index (χ2n) is 5.75. The highest BCUT2D eigenvalue weighted by Crippen LogP contribution is 2.18. The molecule has 1 aromatic carbocycles. The fourth-order valence-electron chi connectivity index (χ4n) is 2.71. The van der Waals surface area contributed by atoms with Gasteiger partial charge in [0, 0.05) is 19.2 Å². The van der Waals surface area contributed by atoms with Crippen molar-refractivity contribution in [1.29, 1.82) is 0 Å². The molecule has 0 aliphatic carbocycles. The maximum atomic E-state index is 12.4. The van der Waals surface area contributed by atoms with Gasteiger partial charge in [0.15, 0.2) is 0 Å². The van der Waals surface area contributed by atoms with Crippen LogP contribution in [0.4, 0.5) is 0 Å². The smallest absolute Gasteiger partial charge is 0.308 e. The molecule has 120 valence electrons. The first kappa shape index (κ1) is 15.1. The Balaban J connectivity index is 1.83. The van der Waals surface area contributed by atoms with Crippen LogP contribution in [0.25, 0.3) is 5.69 Å². The lowest BCUT2D eigenvalue weighted by molar-refractivity contribution is -0.141. The number of nitrogens with zero attached hydrogens (tertiary/aromatic N) is 2. The van der Waals surface area contributed by atoms with Gasteiger partial charge in [0.25, 0.3) is 11.5 Å². The molecule has 2 heterocycles. The number of hydrogen-bond acceptors (Lipinski definition) is 3. The average Bonchev–Trinajstić information content (AvgIpc) is 3.14. The second kappa shape index (κ2) is 5.75. The van der Waals surface area contributed by atoms with E-state index in [2.05, 4.69) is 5.10 Å². The summed E-state index contributed by atoms with van der Waals surface area (Å²) in [4.78, 5) is 36.9. The summed E-state index contributed by atoms with van der Waals surface area (Å²) in [7, 11) is 0. The number of carboxylic acid groups (broad SMARTS) is 1. The van der Waals surface area contributed by atoms with Gasteiger partial charge in [0.1, 0.15) is 5.69 Å². The number of carbonyl (C=O) groups is 2. The molecule has 1 amide bonds. The van der Waals surface area contributed by atoms with E-state index in [9.17, 15) is 14.4 Å². The van der Waals surface area contributed by atoms with E-state index in [1.807, 2.05) is 19.1 Å². The molecular formula is C16H17N3O4. The number of aromatic amines is 1. The summed E-state index contributed by atoms with van der Waals surface area (Å²) in [6.07, 6.45) is 0.435. The van der Waals surface area contributed by atoms with E-state index in [4.69, 9.17) is 5.11 Å². The lowest BCUT2D eigenvalue weighted by Crippen LogP contribution is -2.30. The molecular weight excluding hydrogens is 298 g/mol. The number of likely N-dealkylation sites (tertiary alicyclic amines) is 1. The number of carbonyl (C=O) groups excluding carboxylic acids is 1. The highest BCUT2D eigenvalue weighted by molar-refractivity contribution is 5.93. The number of H-pyrrole nitrogens is 1. The number of aryl methyl sites for hydroxylation is 1. The van der Waals surface area contributed by atoms with Crippen molar-refractivity contribution in [3.8, 4) is 5.69 Å². The molecule has 2 aromatic rings. The molecule has 1 aliphatic heterocycles. The molecule has 0 bridgehead atoms. The molecule has 7 heteroatoms. The summed E-state index contributed by atoms with van der Waals surface area (Å²) in [5.41, 5.74) is 1.55. The van der Waals surface area contributed by atoms with Crippen LogP contribution in [0.3, 0.4) is 0 Å². The van der Waals surface area contributed by atoms with Crippen LogP contribution >= 0.6 is 0 Å². The summed E-state index contributed by atoms with van der Waals surface area (Å²) < 4.78 is 1.30. The molecule has 1 fully saturated rings. The van der Waals surface area contributed by atoms with Gasteiger partial charge >= 0.3 is 5.97 Å². The molecule has 1 aromatic heterocycles. The van der Waals surface area contributed by atoms with Crippen molar-refractivity contribution in [2.75, 3.05) is 13.1 Å². The minimum absolute atomic E-state index is 0.168. The van der Waals surface area contributed by atoms with E-state index in [1.54, 1.807) is 12.1 Å². The first-order chi connectivity index (χ1) is 11.0. The molecule has 1 unspecified atom stereocenters. The summed E-state index contributed by atoms with van der Waals surface area (Å²) in [5, 5.41) is 11.8. The monoisotopic (exact) mass is 315 g/mol. The van der Waals surface area contributed by atoms with Crippen molar-refractivity contribution >= 4 is 11.9 Å². The van der Waals surface area contributed by atoms with Gasteiger partial charge in [-0.25, -0.2) is 4.68 Å². The normalized spacial score (nSPS) is 17.4. The Bertz CT molecular complexity index is 803. The number of amides is 1. The number of carboxylic acids is 1. The second-order valence-corrected chi connectivity index (χ2v) is 5.75. The van der Waals surface area contributed by atoms with E-state index in [0.29, 0.717) is 18.7 Å². The Kier molecular flexibility index (Phi) is 3.77. The number of hydrogen-bond donors (Lipinski definition) is 2. The van der Waals surface area contributed by atoms with Crippen LogP contribution in [-0.4, -0.2) is 44.8 Å². The van der Waals surface area contributed by atoms with Crippen molar-refractivity contribution < 1.29 is 14.7 Å². The first-order valence-corrected chi connectivity index (χ1v) is 7.37. The highest BCUT2D eigenvalue weighted by atomic mass is 16.4. The van der Waals surface area contributed by atoms with Gasteiger partial charge in [-0.05, 0) is 25.5 Å². The molecule has 7 nitrogen and oxygen atoms in total. The van der Waals surface area contributed by atoms with Crippen molar-refractivity contribution in [2.45, 2.75) is 13.3 Å². The molecule has 3 rings (SSSR count). The zero-order chi connectivity index (χ0) is 16.6. The van der Waals surface area contributed by atoms with E-state index in [-0.39, 0.29) is 23.7 Å². The van der Waals surface area contributed by atoms with Crippen molar-refractivity contribution in [1.82, 2.24) is 14.7 Å². The van der Waals surface area contributed by atoms with E-state index in [0.717, 1.165) is 5.56 Å². The maximum absolute atomic E-state index is 12.4. The van der Waals surface area contributed by atoms with Gasteiger partial charge in [-0.15, -0.1) is 0 Å². The summed E-state index contributed by atoms with van der Waals surface area (Å²) in [5.74, 6) is -1.78. The zero-order valence-corrected chi connectivity index (χ0v) is 12.7. The minimum atomic E-state index is -0.897. The molecule has 0 spiro atoms. The van der Waals surface area contributed by atoms with Gasteiger partial charge in [-0.3, -0.25) is 19.5 Å². The Morgan fingerprint density at radius 1 is 1.26 bits per heavy atom. The predicted molar refractivity (Wildman–Crippen MR) is 82.8 cm³/mol. The Hall–Kier alpha value is -2.83. The van der Waals surface area contributed by atoms with Crippen LogP contribution in [0, 0.1) is 12.8 Å². The van der Waals surface area contributed by atoms with Gasteiger partial charge in [-0.2, -0.15) is 0 Å². The lowest BCUT2D eigenvalue weighted by atomic mass is 10.1.